The summed E-state index contributed by atoms with van der Waals surface area (Å²) in [6.07, 6.45) is 19.3. The Morgan fingerprint density at radius 2 is 0.947 bits per heavy atom. The molecule has 3 saturated carbocycles. The van der Waals surface area contributed by atoms with E-state index in [0.29, 0.717) is 42.7 Å². The Balaban J connectivity index is 1.43. The maximum Gasteiger partial charge on any atom is 0.223 e. The molecule has 0 aromatic rings. The number of nitrogens with one attached hydrogen (secondary N) is 3. The zero-order valence-corrected chi connectivity index (χ0v) is 24.7. The molecule has 0 aliphatic heterocycles. The summed E-state index contributed by atoms with van der Waals surface area (Å²) < 4.78 is 0. The lowest BCUT2D eigenvalue weighted by atomic mass is 9.85. The fraction of sp³-hybridized carbons (Fsp3) is 0.906. The van der Waals surface area contributed by atoms with E-state index in [1.165, 1.54) is 57.8 Å². The Hall–Kier alpha value is -1.59. The molecule has 0 spiro atoms. The van der Waals surface area contributed by atoms with Crippen LogP contribution in [-0.2, 0) is 14.4 Å². The van der Waals surface area contributed by atoms with Crippen molar-refractivity contribution < 1.29 is 14.4 Å². The van der Waals surface area contributed by atoms with Crippen LogP contribution in [0.25, 0.3) is 0 Å². The van der Waals surface area contributed by atoms with Crippen LogP contribution in [0.5, 0.6) is 0 Å². The van der Waals surface area contributed by atoms with Crippen molar-refractivity contribution in [2.45, 2.75) is 161 Å². The van der Waals surface area contributed by atoms with Gasteiger partial charge in [0, 0.05) is 36.9 Å². The van der Waals surface area contributed by atoms with Crippen LogP contribution in [0, 0.1) is 23.7 Å². The van der Waals surface area contributed by atoms with Crippen LogP contribution in [0.2, 0.25) is 0 Å². The van der Waals surface area contributed by atoms with Crippen molar-refractivity contribution in [3.63, 3.8) is 0 Å². The zero-order chi connectivity index (χ0) is 27.3. The molecule has 0 bridgehead atoms. The summed E-state index contributed by atoms with van der Waals surface area (Å²) in [7, 11) is 0. The van der Waals surface area contributed by atoms with E-state index >= 15 is 0 Å². The number of amides is 3. The predicted molar refractivity (Wildman–Crippen MR) is 154 cm³/mol. The van der Waals surface area contributed by atoms with E-state index in [9.17, 15) is 14.4 Å². The second-order valence-corrected chi connectivity index (χ2v) is 13.1. The van der Waals surface area contributed by atoms with Crippen LogP contribution in [0.3, 0.4) is 0 Å². The van der Waals surface area contributed by atoms with Crippen molar-refractivity contribution in [2.24, 2.45) is 23.7 Å². The second-order valence-electron chi connectivity index (χ2n) is 13.1. The van der Waals surface area contributed by atoms with Crippen LogP contribution in [-0.4, -0.2) is 35.8 Å². The van der Waals surface area contributed by atoms with E-state index < -0.39 is 0 Å². The first kappa shape index (κ1) is 30.9. The summed E-state index contributed by atoms with van der Waals surface area (Å²) in [6.45, 7) is 6.74. The molecule has 218 valence electrons. The van der Waals surface area contributed by atoms with Crippen molar-refractivity contribution >= 4 is 17.7 Å². The quantitative estimate of drug-likeness (QED) is 0.240. The topological polar surface area (TPSA) is 87.3 Å². The minimum absolute atomic E-state index is 0.0769. The lowest BCUT2D eigenvalue weighted by molar-refractivity contribution is -0.127. The molecule has 3 rings (SSSR count). The van der Waals surface area contributed by atoms with E-state index in [4.69, 9.17) is 0 Å². The molecular weight excluding hydrogens is 474 g/mol. The summed E-state index contributed by atoms with van der Waals surface area (Å²) in [4.78, 5) is 38.5. The number of carbonyl (C=O) groups is 3. The number of carbonyl (C=O) groups excluding carboxylic acids is 3. The molecular formula is C32H57N3O3. The highest BCUT2D eigenvalue weighted by Gasteiger charge is 2.27. The van der Waals surface area contributed by atoms with Gasteiger partial charge in [-0.05, 0) is 82.0 Å². The van der Waals surface area contributed by atoms with Gasteiger partial charge >= 0.3 is 0 Å². The van der Waals surface area contributed by atoms with Crippen LogP contribution in [0.15, 0.2) is 0 Å². The molecule has 3 aliphatic carbocycles. The van der Waals surface area contributed by atoms with Crippen LogP contribution in [0.4, 0.5) is 0 Å². The molecule has 0 heterocycles. The molecule has 38 heavy (non-hydrogen) atoms. The van der Waals surface area contributed by atoms with Gasteiger partial charge in [-0.15, -0.1) is 0 Å². The normalized spacial score (nSPS) is 30.7. The minimum atomic E-state index is -0.0769. The smallest absolute Gasteiger partial charge is 0.223 e. The van der Waals surface area contributed by atoms with Crippen molar-refractivity contribution in [3.8, 4) is 0 Å². The van der Waals surface area contributed by atoms with E-state index in [1.807, 2.05) is 0 Å². The van der Waals surface area contributed by atoms with Gasteiger partial charge in [0.05, 0.1) is 0 Å². The highest BCUT2D eigenvalue weighted by Crippen LogP contribution is 2.27. The lowest BCUT2D eigenvalue weighted by Crippen LogP contribution is -2.44. The maximum atomic E-state index is 13.3. The zero-order valence-electron chi connectivity index (χ0n) is 24.7. The van der Waals surface area contributed by atoms with Crippen molar-refractivity contribution in [1.82, 2.24) is 16.0 Å². The van der Waals surface area contributed by atoms with E-state index in [0.717, 1.165) is 51.4 Å². The molecule has 6 heteroatoms. The van der Waals surface area contributed by atoms with Crippen LogP contribution >= 0.6 is 0 Å². The van der Waals surface area contributed by atoms with Crippen molar-refractivity contribution in [3.05, 3.63) is 0 Å². The van der Waals surface area contributed by atoms with Crippen molar-refractivity contribution in [2.75, 3.05) is 0 Å². The van der Waals surface area contributed by atoms with Gasteiger partial charge in [0.1, 0.15) is 0 Å². The summed E-state index contributed by atoms with van der Waals surface area (Å²) in [6, 6.07) is 0.916. The fourth-order valence-corrected chi connectivity index (χ4v) is 7.04. The van der Waals surface area contributed by atoms with Gasteiger partial charge in [0.25, 0.3) is 0 Å². The van der Waals surface area contributed by atoms with E-state index in [2.05, 4.69) is 36.7 Å². The molecule has 0 saturated heterocycles. The van der Waals surface area contributed by atoms with E-state index in [-0.39, 0.29) is 29.7 Å². The SMILES string of the molecule is CC1CCCCC1NC(=O)CCCCC(CCCC(=O)NC1CCCCC1C)C(=O)NC1CCCCC1C. The molecule has 7 atom stereocenters. The standard InChI is InChI=1S/C32H57N3O3/c1-23-13-4-8-18-27(23)33-30(36)21-11-7-16-26(32(38)35-29-20-10-6-15-25(29)3)17-12-22-31(37)34-28-19-9-5-14-24(28)2/h23-29H,4-22H2,1-3H3,(H,33,36)(H,34,37)(H,35,38). The van der Waals surface area contributed by atoms with E-state index in [1.54, 1.807) is 0 Å². The Bertz CT molecular complexity index is 741. The first-order valence-electron chi connectivity index (χ1n) is 16.2. The molecule has 6 nitrogen and oxygen atoms in total. The Morgan fingerprint density at radius 3 is 1.42 bits per heavy atom. The van der Waals surface area contributed by atoms with Gasteiger partial charge < -0.3 is 16.0 Å². The highest BCUT2D eigenvalue weighted by atomic mass is 16.2. The number of unbranched alkanes of at least 4 members (excludes halogenated alkanes) is 1. The third kappa shape index (κ3) is 10.5. The van der Waals surface area contributed by atoms with Gasteiger partial charge in [-0.25, -0.2) is 0 Å². The first-order valence-corrected chi connectivity index (χ1v) is 16.2. The number of hydrogen-bond donors (Lipinski definition) is 3. The highest BCUT2D eigenvalue weighted by molar-refractivity contribution is 5.79. The molecule has 7 unspecified atom stereocenters. The molecule has 0 aromatic heterocycles. The molecule has 3 fully saturated rings. The fourth-order valence-electron chi connectivity index (χ4n) is 7.04. The third-order valence-electron chi connectivity index (χ3n) is 9.89. The minimum Gasteiger partial charge on any atom is -0.353 e. The van der Waals surface area contributed by atoms with Crippen LogP contribution < -0.4 is 16.0 Å². The predicted octanol–water partition coefficient (Wildman–Crippen LogP) is 6.42. The van der Waals surface area contributed by atoms with Crippen molar-refractivity contribution in [1.29, 1.82) is 0 Å². The van der Waals surface area contributed by atoms with Crippen LogP contribution in [0.1, 0.15) is 143 Å². The number of hydrogen-bond acceptors (Lipinski definition) is 3. The average Bonchev–Trinajstić information content (AvgIpc) is 2.89. The summed E-state index contributed by atoms with van der Waals surface area (Å²) in [5.74, 6) is 2.04. The molecule has 3 amide bonds. The summed E-state index contributed by atoms with van der Waals surface area (Å²) >= 11 is 0. The number of rotatable bonds is 13. The lowest BCUT2D eigenvalue weighted by Gasteiger charge is -2.31. The molecule has 0 aromatic carbocycles. The third-order valence-corrected chi connectivity index (χ3v) is 9.89. The Kier molecular flexibility index (Phi) is 13.4. The van der Waals surface area contributed by atoms with Gasteiger partial charge in [-0.3, -0.25) is 14.4 Å². The molecule has 0 radical (unpaired) electrons. The maximum absolute atomic E-state index is 13.3. The average molecular weight is 532 g/mol. The Morgan fingerprint density at radius 1 is 0.553 bits per heavy atom. The van der Waals surface area contributed by atoms with Gasteiger partial charge in [0.2, 0.25) is 17.7 Å². The first-order chi connectivity index (χ1) is 18.3. The summed E-state index contributed by atoms with van der Waals surface area (Å²) in [5, 5.41) is 9.89. The molecule has 3 N–H and O–H groups in total. The van der Waals surface area contributed by atoms with Gasteiger partial charge in [0.15, 0.2) is 0 Å². The van der Waals surface area contributed by atoms with Gasteiger partial charge in [-0.1, -0.05) is 65.7 Å². The largest absolute Gasteiger partial charge is 0.353 e. The van der Waals surface area contributed by atoms with Gasteiger partial charge in [-0.2, -0.15) is 0 Å². The monoisotopic (exact) mass is 531 g/mol. The Labute approximate surface area is 232 Å². The molecule has 3 aliphatic rings. The summed E-state index contributed by atoms with van der Waals surface area (Å²) in [5.41, 5.74) is 0. The second kappa shape index (κ2) is 16.5.